The molecule has 14 N–H and O–H groups in total. The van der Waals surface area contributed by atoms with E-state index in [2.05, 4.69) is 51.2 Å². The number of carbonyl (C=O) groups is 7. The van der Waals surface area contributed by atoms with Crippen molar-refractivity contribution >= 4 is 69.0 Å². The van der Waals surface area contributed by atoms with Crippen LogP contribution in [-0.4, -0.2) is 276 Å². The Labute approximate surface area is 607 Å². The van der Waals surface area contributed by atoms with Crippen LogP contribution in [0.1, 0.15) is 120 Å². The number of fused-ring (bicyclic) bond motifs is 2. The van der Waals surface area contributed by atoms with Gasteiger partial charge in [-0.25, -0.2) is 9.97 Å². The number of amides is 7. The molecule has 0 radical (unpaired) electrons. The molecule has 2 saturated carbocycles. The maximum absolute atomic E-state index is 15.0. The molecule has 0 spiro atoms. The Hall–Kier alpha value is -7.68. The van der Waals surface area contributed by atoms with Crippen LogP contribution in [-0.2, 0) is 55.1 Å². The first-order valence-electron chi connectivity index (χ1n) is 35.7. The van der Waals surface area contributed by atoms with Crippen LogP contribution in [0.3, 0.4) is 0 Å². The summed E-state index contributed by atoms with van der Waals surface area (Å²) in [4.78, 5) is 117. The van der Waals surface area contributed by atoms with Crippen molar-refractivity contribution in [2.75, 3.05) is 71.4 Å². The molecule has 104 heavy (non-hydrogen) atoms. The van der Waals surface area contributed by atoms with Gasteiger partial charge in [0.2, 0.25) is 47.3 Å². The third kappa shape index (κ3) is 20.7. The lowest BCUT2D eigenvalue weighted by molar-refractivity contribution is -0.147. The molecule has 6 aliphatic rings. The number of hydrogen-bond acceptors (Lipinski definition) is 26. The summed E-state index contributed by atoms with van der Waals surface area (Å²) >= 11 is 1.51. The van der Waals surface area contributed by atoms with E-state index in [1.807, 2.05) is 36.7 Å². The molecular weight excluding hydrogens is 1390 g/mol. The highest BCUT2D eigenvalue weighted by atomic mass is 32.3. The zero-order valence-corrected chi connectivity index (χ0v) is 60.4. The van der Waals surface area contributed by atoms with Gasteiger partial charge in [-0.1, -0.05) is 67.9 Å². The average Bonchev–Trinajstić information content (AvgIpc) is 1.65. The summed E-state index contributed by atoms with van der Waals surface area (Å²) in [6.45, 7) is 3.53. The van der Waals surface area contributed by atoms with E-state index in [4.69, 9.17) is 14.7 Å². The largest absolute Gasteiger partial charge is 0.504 e. The van der Waals surface area contributed by atoms with Crippen molar-refractivity contribution in [3.8, 4) is 33.2 Å². The molecule has 2 aromatic carbocycles. The van der Waals surface area contributed by atoms with Crippen molar-refractivity contribution in [2.45, 2.75) is 201 Å². The smallest absolute Gasteiger partial charge is 0.446 e. The summed E-state index contributed by atoms with van der Waals surface area (Å²) in [6, 6.07) is -0.141. The fourth-order valence-corrected chi connectivity index (χ4v) is 15.9. The number of β-amino-alcohol motifs (C(OH)–C–C–N with tert-alkyl or cyclic N) is 1. The van der Waals surface area contributed by atoms with E-state index in [0.29, 0.717) is 31.4 Å². The van der Waals surface area contributed by atoms with Gasteiger partial charge in [0.05, 0.1) is 61.3 Å². The maximum Gasteiger partial charge on any atom is 0.446 e. The number of hydrogen-bond donors (Lipinski definition) is 14. The van der Waals surface area contributed by atoms with Gasteiger partial charge in [-0.2, -0.15) is 8.42 Å². The molecule has 13 atom stereocenters. The summed E-state index contributed by atoms with van der Waals surface area (Å²) in [7, 11) is -1.76. The third-order valence-electron chi connectivity index (χ3n) is 20.4. The predicted octanol–water partition coefficient (Wildman–Crippen LogP) is -0.983. The number of piperidine rings is 1. The van der Waals surface area contributed by atoms with Crippen molar-refractivity contribution in [2.24, 2.45) is 11.8 Å². The Bertz CT molecular complexity index is 3730. The first kappa shape index (κ1) is 78.9. The number of ether oxygens (including phenoxy) is 1. The maximum atomic E-state index is 15.0. The number of nitrogens with zero attached hydrogens (tertiary/aromatic N) is 8. The highest BCUT2D eigenvalue weighted by Crippen LogP contribution is 2.40. The average molecular weight is 1490 g/mol. The minimum atomic E-state index is -5.23. The number of likely N-dealkylation sites (N-methyl/N-ethyl adjacent to an activating group) is 1. The second kappa shape index (κ2) is 35.6. The molecule has 10 rings (SSSR count). The van der Waals surface area contributed by atoms with E-state index in [9.17, 15) is 77.5 Å². The Balaban J connectivity index is 0.839. The van der Waals surface area contributed by atoms with E-state index in [-0.39, 0.29) is 43.1 Å². The zero-order valence-electron chi connectivity index (χ0n) is 58.7. The van der Waals surface area contributed by atoms with E-state index < -0.39 is 181 Å². The van der Waals surface area contributed by atoms with Crippen LogP contribution in [0.4, 0.5) is 5.95 Å². The van der Waals surface area contributed by atoms with Crippen LogP contribution in [0.2, 0.25) is 0 Å². The highest BCUT2D eigenvalue weighted by molar-refractivity contribution is 7.81. The molecule has 6 heterocycles. The summed E-state index contributed by atoms with van der Waals surface area (Å²) < 4.78 is 43.6. The fraction of sp³-hybridized carbons (Fsp3) is 0.638. The van der Waals surface area contributed by atoms with Gasteiger partial charge in [0.25, 0.3) is 0 Å². The minimum Gasteiger partial charge on any atom is -0.504 e. The van der Waals surface area contributed by atoms with Crippen molar-refractivity contribution in [1.29, 1.82) is 0 Å². The highest BCUT2D eigenvalue weighted by Gasteiger charge is 2.50. The standard InChI is InChI=1S/C69H98N14O19S2/c1-37-35-83-59(60(37)91)64(95)72-34-45(85)28-49(71-31-39-10-13-42(14-11-39)65-78-79-66(103-65)43-17-15-41(16-18-43)44-32-73-69(74-33-44)81-23-20-48(21-24-81)101-47-8-6-5-7-9-47)61(92)75-56(38(2)84)67(96)82-36-46(86)29-50(82)62(93)76-57(52(88)26-40-12-19-51(87)54(27-40)102-104(98,99)100)63(94)77-58(68(83)97)53(89)30-55(90)70-22-25-80(3)4/h12,15-19,27,32-33,37-39,42,45-50,52-53,56-60,71,84-89,91H,5-11,13-14,20-26,28-31,34-36H2,1-4H3,(H,70,90)(H,72,95)(H,75,92)(H,76,93)(H,77,94)(H,98,99,100)/t37-,38+,39?,42?,45+,46+,49-,50-,52+,53+,56-,57-,58-,59-,60-/m0/s1. The summed E-state index contributed by atoms with van der Waals surface area (Å²) in [5.74, 6) is -9.39. The number of aliphatic hydroxyl groups excluding tert-OH is 6. The third-order valence-corrected chi connectivity index (χ3v) is 22.0. The van der Waals surface area contributed by atoms with Gasteiger partial charge in [0, 0.05) is 94.0 Å². The first-order valence-corrected chi connectivity index (χ1v) is 37.9. The van der Waals surface area contributed by atoms with Crippen molar-refractivity contribution in [3.05, 3.63) is 65.4 Å². The molecule has 0 unspecified atom stereocenters. The van der Waals surface area contributed by atoms with E-state index in [1.54, 1.807) is 19.0 Å². The quantitative estimate of drug-likeness (QED) is 0.0446. The Morgan fingerprint density at radius 1 is 0.740 bits per heavy atom. The summed E-state index contributed by atoms with van der Waals surface area (Å²) in [6.07, 6.45) is 2.16. The van der Waals surface area contributed by atoms with E-state index in [0.717, 1.165) is 106 Å². The second-order valence-corrected chi connectivity index (χ2v) is 30.7. The molecular formula is C69H98N14O19S2. The van der Waals surface area contributed by atoms with Gasteiger partial charge in [0.15, 0.2) is 11.5 Å². The number of phenolic OH excluding ortho intramolecular Hbond substituents is 1. The van der Waals surface area contributed by atoms with Gasteiger partial charge in [-0.15, -0.1) is 10.2 Å². The molecule has 4 aliphatic heterocycles. The Morgan fingerprint density at radius 3 is 2.07 bits per heavy atom. The van der Waals surface area contributed by atoms with Gasteiger partial charge in [0.1, 0.15) is 40.2 Å². The van der Waals surface area contributed by atoms with Crippen LogP contribution in [0, 0.1) is 11.8 Å². The lowest BCUT2D eigenvalue weighted by Crippen LogP contribution is -2.64. The molecule has 570 valence electrons. The molecule has 4 saturated heterocycles. The molecule has 2 aromatic heterocycles. The monoisotopic (exact) mass is 1490 g/mol. The van der Waals surface area contributed by atoms with Gasteiger partial charge in [-0.05, 0) is 115 Å². The van der Waals surface area contributed by atoms with Crippen LogP contribution in [0.25, 0.3) is 21.7 Å². The SMILES string of the molecule is C[C@@H](O)[C@@H]1NC(=O)[C@@H](NCC2CCC(c3nnc(-c4ccc(-c5cnc(N6CCC(OC7CCCCC7)CC6)nc5)cc4)s3)CC2)C[C@@H](O)CNC(=O)[C@@H]2[C@@H](O)[C@@H](C)CN2C(=O)[C@H]([C@H](O)CC(=O)NCCN(C)C)NC(=O)[C@H]([C@H](O)Cc2ccc(O)c(OS(=O)(=O)O)c2)NC(=O)[C@@H]2C[C@@H](O)CN2C1=O. The van der Waals surface area contributed by atoms with E-state index >= 15 is 4.79 Å². The van der Waals surface area contributed by atoms with Crippen LogP contribution in [0.15, 0.2) is 54.9 Å². The number of rotatable bonds is 21. The topological polar surface area (TPSA) is 471 Å². The van der Waals surface area contributed by atoms with Crippen molar-refractivity contribution < 1.29 is 91.2 Å². The molecule has 35 heteroatoms. The van der Waals surface area contributed by atoms with Crippen LogP contribution >= 0.6 is 11.3 Å². The predicted molar refractivity (Wildman–Crippen MR) is 376 cm³/mol. The Kier molecular flexibility index (Phi) is 27.0. The van der Waals surface area contributed by atoms with Crippen molar-refractivity contribution in [3.63, 3.8) is 0 Å². The summed E-state index contributed by atoms with van der Waals surface area (Å²) in [5, 5.41) is 106. The molecule has 4 aromatic rings. The normalized spacial score (nSPS) is 27.9. The lowest BCUT2D eigenvalue weighted by atomic mass is 9.82. The van der Waals surface area contributed by atoms with Gasteiger partial charge < -0.3 is 96.2 Å². The number of nitrogens with one attached hydrogen (secondary N) is 6. The van der Waals surface area contributed by atoms with Crippen molar-refractivity contribution in [1.82, 2.24) is 66.8 Å². The molecule has 0 bridgehead atoms. The number of aromatic hydroxyl groups is 1. The molecule has 6 fully saturated rings. The number of aromatic nitrogens is 4. The van der Waals surface area contributed by atoms with Crippen LogP contribution in [0.5, 0.6) is 11.5 Å². The molecule has 33 nitrogen and oxygen atoms in total. The molecule has 2 aliphatic carbocycles. The van der Waals surface area contributed by atoms with Gasteiger partial charge >= 0.3 is 10.4 Å². The zero-order chi connectivity index (χ0) is 74.7. The number of anilines is 1. The fourth-order valence-electron chi connectivity index (χ4n) is 14.5. The summed E-state index contributed by atoms with van der Waals surface area (Å²) in [5.41, 5.74) is 2.65. The number of aliphatic hydroxyl groups is 6. The van der Waals surface area contributed by atoms with Crippen LogP contribution < -0.4 is 41.0 Å². The van der Waals surface area contributed by atoms with E-state index in [1.165, 1.54) is 44.4 Å². The number of benzene rings is 2. The second-order valence-electron chi connectivity index (χ2n) is 28.7. The Morgan fingerprint density at radius 2 is 1.39 bits per heavy atom. The molecule has 7 amide bonds. The number of carbonyl (C=O) groups excluding carboxylic acids is 7. The lowest BCUT2D eigenvalue weighted by Gasteiger charge is -2.34. The number of phenols is 1. The first-order chi connectivity index (χ1) is 49.5. The minimum absolute atomic E-state index is 0.0214. The van der Waals surface area contributed by atoms with Gasteiger partial charge in [-0.3, -0.25) is 38.1 Å².